The number of non-ortho nitro benzene ring substituents is 2. The van der Waals surface area contributed by atoms with Gasteiger partial charge in [0.05, 0.1) is 72.0 Å². The molecule has 6 aromatic carbocycles. The molecule has 12 N–H and O–H groups in total. The Morgan fingerprint density at radius 1 is 0.462 bits per heavy atom. The number of nitro benzene ring substituents is 2. The Labute approximate surface area is 532 Å². The third-order valence-corrected chi connectivity index (χ3v) is 20.9. The fraction of sp³-hybridized carbons (Fsp3) is 0.115. The van der Waals surface area contributed by atoms with Crippen LogP contribution in [0.25, 0.3) is 22.5 Å². The summed E-state index contributed by atoms with van der Waals surface area (Å²) in [6.45, 7) is 3.93. The number of carbonyl (C=O) groups excluding carboxylic acids is 1. The number of sulfonamides is 7. The monoisotopic (exact) mass is 1420 g/mol. The van der Waals surface area contributed by atoms with Crippen LogP contribution in [-0.2, 0) is 76.6 Å². The summed E-state index contributed by atoms with van der Waals surface area (Å²) in [4.78, 5) is 58.2. The van der Waals surface area contributed by atoms with Gasteiger partial charge < -0.3 is 22.3 Å². The zero-order valence-electron chi connectivity index (χ0n) is 48.7. The normalized spacial score (nSPS) is 11.7. The van der Waals surface area contributed by atoms with Gasteiger partial charge in [-0.05, 0) is 80.1 Å². The third kappa shape index (κ3) is 24.8. The highest BCUT2D eigenvalue weighted by Crippen LogP contribution is 2.23. The molecule has 8 aromatic rings. The van der Waals surface area contributed by atoms with E-state index in [2.05, 4.69) is 19.9 Å². The molecule has 2 heterocycles. The molecular weight excluding hydrogens is 1370 g/mol. The number of Topliss-reactive ketones (excluding diaryl/α,β-unsaturated/α-hetero) is 1. The van der Waals surface area contributed by atoms with Gasteiger partial charge in [-0.3, -0.25) is 25.0 Å². The number of nitrogen functional groups attached to an aromatic ring is 3. The summed E-state index contributed by atoms with van der Waals surface area (Å²) in [6.07, 6.45) is 5.07. The van der Waals surface area contributed by atoms with Crippen LogP contribution in [0.1, 0.15) is 37.7 Å². The topological polar surface area (TPSA) is 571 Å². The molecule has 8 rings (SSSR count). The minimum atomic E-state index is -4.23. The molecule has 0 fully saturated rings. The summed E-state index contributed by atoms with van der Waals surface area (Å²) in [5, 5.41) is 34.2. The van der Waals surface area contributed by atoms with Crippen molar-refractivity contribution in [2.45, 2.75) is 39.9 Å². The van der Waals surface area contributed by atoms with E-state index < -0.39 is 86.0 Å². The molecule has 0 saturated carbocycles. The minimum Gasteiger partial charge on any atom is -0.476 e. The Morgan fingerprint density at radius 2 is 0.763 bits per heavy atom. The molecule has 0 saturated heterocycles. The lowest BCUT2D eigenvalue weighted by Crippen LogP contribution is -2.29. The second-order valence-corrected chi connectivity index (χ2v) is 31.6. The lowest BCUT2D eigenvalue weighted by atomic mass is 10.1. The second kappa shape index (κ2) is 31.1. The molecule has 93 heavy (non-hydrogen) atoms. The Hall–Kier alpha value is -9.69. The second-order valence-electron chi connectivity index (χ2n) is 19.0. The first-order valence-corrected chi connectivity index (χ1v) is 36.8. The number of rotatable bonds is 18. The zero-order valence-corrected chi connectivity index (χ0v) is 54.4. The van der Waals surface area contributed by atoms with E-state index in [-0.39, 0.29) is 66.2 Å². The minimum absolute atomic E-state index is 0.00240. The van der Waals surface area contributed by atoms with E-state index in [4.69, 9.17) is 27.4 Å². The van der Waals surface area contributed by atoms with Gasteiger partial charge in [0, 0.05) is 47.5 Å². The van der Waals surface area contributed by atoms with Crippen LogP contribution in [0.15, 0.2) is 178 Å². The van der Waals surface area contributed by atoms with E-state index in [1.54, 1.807) is 4.13 Å². The van der Waals surface area contributed by atoms with Gasteiger partial charge in [0.1, 0.15) is 5.69 Å². The maximum absolute atomic E-state index is 12.7. The van der Waals surface area contributed by atoms with Gasteiger partial charge in [0.15, 0.2) is 23.1 Å². The molecule has 0 amide bonds. The molecular formula is C52H55N13O21S7. The van der Waals surface area contributed by atoms with Crippen LogP contribution in [0, 0.1) is 34.1 Å². The number of carboxylic acids is 1. The summed E-state index contributed by atoms with van der Waals surface area (Å²) < 4.78 is 161. The van der Waals surface area contributed by atoms with Crippen LogP contribution in [0.3, 0.4) is 0 Å². The molecule has 0 atom stereocenters. The van der Waals surface area contributed by atoms with Crippen LogP contribution in [-0.4, -0.2) is 124 Å². The van der Waals surface area contributed by atoms with Crippen molar-refractivity contribution in [3.05, 3.63) is 206 Å². The van der Waals surface area contributed by atoms with Crippen LogP contribution < -0.4 is 34.7 Å². The van der Waals surface area contributed by atoms with E-state index in [1.165, 1.54) is 69.2 Å². The van der Waals surface area contributed by atoms with E-state index in [0.29, 0.717) is 28.9 Å². The van der Waals surface area contributed by atoms with Crippen LogP contribution in [0.2, 0.25) is 0 Å². The smallest absolute Gasteiger partial charge is 0.358 e. The lowest BCUT2D eigenvalue weighted by molar-refractivity contribution is -0.385. The summed E-state index contributed by atoms with van der Waals surface area (Å²) >= 11 is 0. The molecule has 496 valence electrons. The Kier molecular flexibility index (Phi) is 25.3. The Morgan fingerprint density at radius 3 is 1.08 bits per heavy atom. The van der Waals surface area contributed by atoms with Gasteiger partial charge in [0.2, 0.25) is 40.1 Å². The van der Waals surface area contributed by atoms with Crippen molar-refractivity contribution in [3.63, 3.8) is 0 Å². The average Bonchev–Trinajstić information content (AvgIpc) is 1.03. The highest BCUT2D eigenvalue weighted by molar-refractivity contribution is 8.05. The fourth-order valence-electron chi connectivity index (χ4n) is 6.84. The number of anilines is 3. The van der Waals surface area contributed by atoms with Gasteiger partial charge in [-0.1, -0.05) is 71.8 Å². The van der Waals surface area contributed by atoms with Crippen LogP contribution in [0.4, 0.5) is 28.7 Å². The lowest BCUT2D eigenvalue weighted by Gasteiger charge is -2.08. The van der Waals surface area contributed by atoms with Crippen molar-refractivity contribution in [3.8, 4) is 22.5 Å². The SMILES string of the molecule is CS(=O)(=O)NS(=O)(=O)c1ccc(N)cc1.CS(=O)(=O)NS(=O)(=O)c1ccc([N+](=O)[O-])cc1.Cc1ccc(-c2cnc(N)c(C(=O)Cc3ccc(S(=O)(=O)NS(C)(=O)=O)cc3)n2)cc1.Cc1ccc(-c2cnc(N)c(C(=O)O)n2)cc1.NS(=O)(=O)c1ccc([N+](=O)[O-])cc1. The number of benzene rings is 6. The number of nitrogens with one attached hydrogen (secondary N) is 3. The van der Waals surface area contributed by atoms with Crippen LogP contribution in [0.5, 0.6) is 0 Å². The summed E-state index contributed by atoms with van der Waals surface area (Å²) in [5.41, 5.74) is 21.7. The number of carboxylic acid groups (broad SMARTS) is 1. The molecule has 0 aliphatic rings. The van der Waals surface area contributed by atoms with Gasteiger partial charge in [-0.15, -0.1) is 12.4 Å². The molecule has 0 radical (unpaired) electrons. The van der Waals surface area contributed by atoms with Gasteiger partial charge in [-0.2, -0.15) is 0 Å². The van der Waals surface area contributed by atoms with E-state index in [9.17, 15) is 88.7 Å². The molecule has 2 aromatic heterocycles. The number of ketones is 1. The maximum atomic E-state index is 12.7. The van der Waals surface area contributed by atoms with Crippen molar-refractivity contribution in [2.24, 2.45) is 5.14 Å². The van der Waals surface area contributed by atoms with Crippen molar-refractivity contribution < 1.29 is 83.5 Å². The molecule has 0 aliphatic heterocycles. The van der Waals surface area contributed by atoms with Crippen molar-refractivity contribution >= 4 is 111 Å². The number of nitro groups is 2. The Balaban J connectivity index is 0.000000259. The van der Waals surface area contributed by atoms with E-state index in [1.807, 2.05) is 62.4 Å². The first-order valence-electron chi connectivity index (χ1n) is 25.1. The summed E-state index contributed by atoms with van der Waals surface area (Å²) in [6, 6.07) is 33.8. The highest BCUT2D eigenvalue weighted by Gasteiger charge is 2.23. The van der Waals surface area contributed by atoms with Crippen LogP contribution >= 0.6 is 0 Å². The number of aromatic nitrogens is 4. The van der Waals surface area contributed by atoms with E-state index in [0.717, 1.165) is 83.3 Å². The number of carbonyl (C=O) groups is 2. The van der Waals surface area contributed by atoms with Gasteiger partial charge >= 0.3 is 5.97 Å². The highest BCUT2D eigenvalue weighted by atomic mass is 32.3. The Bertz CT molecular complexity index is 4910. The number of primary sulfonamides is 1. The number of hydrogen-bond donors (Lipinski definition) is 8. The van der Waals surface area contributed by atoms with Crippen molar-refractivity contribution in [1.29, 1.82) is 0 Å². The number of hydrogen-bond acceptors (Lipinski definition) is 27. The molecule has 0 bridgehead atoms. The molecule has 41 heteroatoms. The number of aromatic carboxylic acids is 1. The molecule has 0 aliphatic carbocycles. The third-order valence-electron chi connectivity index (χ3n) is 11.1. The standard InChI is InChI=1S/C20H20N4O5S2.C12H11N3O2.C7H8N2O6S2.C7H10N2O4S2.C6H6N2O4S/c1-13-3-7-15(8-4-13)17-12-22-20(21)19(23-17)18(25)11-14-5-9-16(10-6-14)31(28,29)24-30(2,26)27;1-7-2-4-8(5-3-7)9-6-14-11(13)10(15-9)12(16)17;1-16(12,13)8-17(14,15)7-4-2-6(3-5-7)9(10)11;1-14(10,11)9-15(12,13)7-4-2-6(8)3-5-7;7-13(11,12)6-3-1-5(2-4-6)8(9)10/h3-10,12,24H,11H2,1-2H3,(H2,21,22);2-6H,1H3,(H2,13,14)(H,16,17);2-5,8H,1H3;2-5,9H,8H2,1H3;1-4H,(H2,7,11,12). The average molecular weight is 1420 g/mol. The molecule has 34 nitrogen and oxygen atoms in total. The number of nitrogens with two attached hydrogens (primary N) is 4. The predicted molar refractivity (Wildman–Crippen MR) is 339 cm³/mol. The number of nitrogens with zero attached hydrogens (tertiary/aromatic N) is 6. The summed E-state index contributed by atoms with van der Waals surface area (Å²) in [5.74, 6) is -1.64. The largest absolute Gasteiger partial charge is 0.476 e. The molecule has 0 unspecified atom stereocenters. The van der Waals surface area contributed by atoms with Gasteiger partial charge in [-0.25, -0.2) is 88.8 Å². The van der Waals surface area contributed by atoms with Crippen molar-refractivity contribution in [1.82, 2.24) is 32.3 Å². The van der Waals surface area contributed by atoms with E-state index >= 15 is 0 Å². The first kappa shape index (κ1) is 75.8. The molecule has 0 spiro atoms. The first-order chi connectivity index (χ1) is 42.8. The quantitative estimate of drug-likeness (QED) is 0.0265. The number of aryl methyl sites for hydroxylation is 2. The maximum Gasteiger partial charge on any atom is 0.358 e. The van der Waals surface area contributed by atoms with Gasteiger partial charge in [0.25, 0.3) is 41.4 Å². The zero-order chi connectivity index (χ0) is 70.2. The predicted octanol–water partition coefficient (Wildman–Crippen LogP) is 3.01. The van der Waals surface area contributed by atoms with Crippen molar-refractivity contribution in [2.75, 3.05) is 36.0 Å². The summed E-state index contributed by atoms with van der Waals surface area (Å²) in [7, 11) is -27.9. The fourth-order valence-corrected chi connectivity index (χ4v) is 14.8.